The lowest BCUT2D eigenvalue weighted by atomic mass is 9.93. The number of rotatable bonds is 7. The molecule has 0 saturated heterocycles. The standard InChI is InChI=1S/C22H33NOSi/c1-16(2)20-14-11-15-21(17(3)4)22(20)23-25(6,7)24-18(5)19-12-9-8-10-13-19/h8-18,23H,1-7H3/t18-/m0/s1. The maximum atomic E-state index is 6.53. The highest BCUT2D eigenvalue weighted by molar-refractivity contribution is 6.74. The molecule has 1 N–H and O–H groups in total. The van der Waals surface area contributed by atoms with Gasteiger partial charge in [0.2, 0.25) is 0 Å². The first-order chi connectivity index (χ1) is 11.7. The Morgan fingerprint density at radius 1 is 0.760 bits per heavy atom. The summed E-state index contributed by atoms with van der Waals surface area (Å²) >= 11 is 0. The first-order valence-electron chi connectivity index (χ1n) is 9.35. The highest BCUT2D eigenvalue weighted by atomic mass is 28.4. The highest BCUT2D eigenvalue weighted by Gasteiger charge is 2.29. The highest BCUT2D eigenvalue weighted by Crippen LogP contribution is 2.34. The molecule has 0 aliphatic heterocycles. The van der Waals surface area contributed by atoms with E-state index in [9.17, 15) is 0 Å². The maximum absolute atomic E-state index is 6.53. The maximum Gasteiger partial charge on any atom is 0.292 e. The van der Waals surface area contributed by atoms with Crippen molar-refractivity contribution in [3.05, 3.63) is 65.2 Å². The van der Waals surface area contributed by atoms with E-state index in [1.165, 1.54) is 22.4 Å². The minimum atomic E-state index is -2.09. The molecule has 3 heteroatoms. The van der Waals surface area contributed by atoms with E-state index >= 15 is 0 Å². The molecule has 2 aromatic rings. The summed E-state index contributed by atoms with van der Waals surface area (Å²) in [6.45, 7) is 15.7. The lowest BCUT2D eigenvalue weighted by Crippen LogP contribution is -2.42. The summed E-state index contributed by atoms with van der Waals surface area (Å²) in [5.41, 5.74) is 5.26. The van der Waals surface area contributed by atoms with Gasteiger partial charge in [-0.05, 0) is 48.5 Å². The van der Waals surface area contributed by atoms with Crippen LogP contribution in [0.15, 0.2) is 48.5 Å². The topological polar surface area (TPSA) is 21.3 Å². The predicted octanol–water partition coefficient (Wildman–Crippen LogP) is 6.82. The number of hydrogen-bond acceptors (Lipinski definition) is 2. The van der Waals surface area contributed by atoms with Crippen LogP contribution in [-0.4, -0.2) is 8.48 Å². The molecule has 0 aliphatic rings. The van der Waals surface area contributed by atoms with Crippen LogP contribution in [0, 0.1) is 0 Å². The first-order valence-corrected chi connectivity index (χ1v) is 12.3. The van der Waals surface area contributed by atoms with Crippen molar-refractivity contribution < 1.29 is 4.43 Å². The number of benzene rings is 2. The van der Waals surface area contributed by atoms with Crippen molar-refractivity contribution in [2.45, 2.75) is 65.7 Å². The molecule has 2 nitrogen and oxygen atoms in total. The molecular weight excluding hydrogens is 322 g/mol. The summed E-state index contributed by atoms with van der Waals surface area (Å²) in [5.74, 6) is 0.968. The molecule has 0 aromatic heterocycles. The van der Waals surface area contributed by atoms with Crippen LogP contribution in [0.1, 0.15) is 69.2 Å². The van der Waals surface area contributed by atoms with Gasteiger partial charge in [-0.2, -0.15) is 0 Å². The Morgan fingerprint density at radius 3 is 1.76 bits per heavy atom. The molecule has 1 atom stereocenters. The van der Waals surface area contributed by atoms with E-state index < -0.39 is 8.48 Å². The molecule has 0 radical (unpaired) electrons. The quantitative estimate of drug-likeness (QED) is 0.550. The van der Waals surface area contributed by atoms with Crippen molar-refractivity contribution in [2.75, 3.05) is 4.98 Å². The molecule has 0 bridgehead atoms. The minimum absolute atomic E-state index is 0.0871. The fraction of sp³-hybridized carbons (Fsp3) is 0.455. The molecule has 136 valence electrons. The molecule has 0 unspecified atom stereocenters. The van der Waals surface area contributed by atoms with Crippen molar-refractivity contribution in [3.63, 3.8) is 0 Å². The minimum Gasteiger partial charge on any atom is -0.392 e. The normalized spacial score (nSPS) is 13.3. The third kappa shape index (κ3) is 5.19. The Labute approximate surface area is 154 Å². The van der Waals surface area contributed by atoms with E-state index in [1.54, 1.807) is 0 Å². The van der Waals surface area contributed by atoms with Gasteiger partial charge in [0.25, 0.3) is 8.48 Å². The predicted molar refractivity (Wildman–Crippen MR) is 112 cm³/mol. The zero-order chi connectivity index (χ0) is 18.6. The monoisotopic (exact) mass is 355 g/mol. The summed E-state index contributed by atoms with van der Waals surface area (Å²) in [6, 6.07) is 17.1. The zero-order valence-electron chi connectivity index (χ0n) is 16.8. The fourth-order valence-electron chi connectivity index (χ4n) is 3.26. The van der Waals surface area contributed by atoms with E-state index in [4.69, 9.17) is 4.43 Å². The van der Waals surface area contributed by atoms with E-state index in [0.717, 1.165) is 0 Å². The Morgan fingerprint density at radius 2 is 1.28 bits per heavy atom. The molecule has 0 heterocycles. The second-order valence-electron chi connectivity index (χ2n) is 7.93. The van der Waals surface area contributed by atoms with Gasteiger partial charge in [-0.25, -0.2) is 0 Å². The van der Waals surface area contributed by atoms with Gasteiger partial charge in [-0.3, -0.25) is 0 Å². The molecule has 25 heavy (non-hydrogen) atoms. The van der Waals surface area contributed by atoms with Gasteiger partial charge in [-0.1, -0.05) is 76.2 Å². The van der Waals surface area contributed by atoms with Gasteiger partial charge in [0.1, 0.15) is 0 Å². The molecule has 0 aliphatic carbocycles. The molecule has 2 rings (SSSR count). The number of nitrogens with one attached hydrogen (secondary N) is 1. The summed E-state index contributed by atoms with van der Waals surface area (Å²) < 4.78 is 6.53. The van der Waals surface area contributed by atoms with Gasteiger partial charge >= 0.3 is 0 Å². The number of hydrogen-bond donors (Lipinski definition) is 1. The summed E-state index contributed by atoms with van der Waals surface area (Å²) in [6.07, 6.45) is 0.0871. The van der Waals surface area contributed by atoms with Crippen LogP contribution in [0.25, 0.3) is 0 Å². The Kier molecular flexibility index (Phi) is 6.47. The van der Waals surface area contributed by atoms with E-state index in [0.29, 0.717) is 11.8 Å². The van der Waals surface area contributed by atoms with Gasteiger partial charge < -0.3 is 9.41 Å². The van der Waals surface area contributed by atoms with Crippen molar-refractivity contribution >= 4 is 14.2 Å². The summed E-state index contributed by atoms with van der Waals surface area (Å²) in [7, 11) is -2.09. The smallest absolute Gasteiger partial charge is 0.292 e. The Bertz CT molecular complexity index is 653. The average molecular weight is 356 g/mol. The lowest BCUT2D eigenvalue weighted by molar-refractivity contribution is 0.219. The van der Waals surface area contributed by atoms with E-state index in [2.05, 4.69) is 95.2 Å². The SMILES string of the molecule is CC(C)c1cccc(C(C)C)c1N[Si](C)(C)O[C@@H](C)c1ccccc1. The van der Waals surface area contributed by atoms with E-state index in [1.807, 2.05) is 6.07 Å². The summed E-state index contributed by atoms with van der Waals surface area (Å²) in [5, 5.41) is 0. The van der Waals surface area contributed by atoms with Crippen LogP contribution in [-0.2, 0) is 4.43 Å². The Hall–Kier alpha value is -1.58. The summed E-state index contributed by atoms with van der Waals surface area (Å²) in [4.78, 5) is 3.84. The number of para-hydroxylation sites is 1. The van der Waals surface area contributed by atoms with Crippen molar-refractivity contribution in [2.24, 2.45) is 0 Å². The molecule has 0 amide bonds. The van der Waals surface area contributed by atoms with Gasteiger partial charge in [-0.15, -0.1) is 0 Å². The van der Waals surface area contributed by atoms with Gasteiger partial charge in [0, 0.05) is 5.69 Å². The molecule has 2 aromatic carbocycles. The van der Waals surface area contributed by atoms with Crippen LogP contribution in [0.3, 0.4) is 0 Å². The van der Waals surface area contributed by atoms with Crippen LogP contribution in [0.5, 0.6) is 0 Å². The second kappa shape index (κ2) is 8.20. The van der Waals surface area contributed by atoms with Crippen LogP contribution >= 0.6 is 0 Å². The van der Waals surface area contributed by atoms with E-state index in [-0.39, 0.29) is 6.10 Å². The average Bonchev–Trinajstić information content (AvgIpc) is 2.54. The zero-order valence-corrected chi connectivity index (χ0v) is 17.8. The first kappa shape index (κ1) is 19.7. The van der Waals surface area contributed by atoms with Crippen molar-refractivity contribution in [1.29, 1.82) is 0 Å². The third-order valence-electron chi connectivity index (χ3n) is 4.54. The third-order valence-corrected chi connectivity index (χ3v) is 6.33. The molecular formula is C22H33NOSi. The van der Waals surface area contributed by atoms with Gasteiger partial charge in [0.15, 0.2) is 0 Å². The molecule has 0 fully saturated rings. The van der Waals surface area contributed by atoms with Crippen LogP contribution < -0.4 is 4.98 Å². The fourth-order valence-corrected chi connectivity index (χ4v) is 5.23. The van der Waals surface area contributed by atoms with Crippen LogP contribution in [0.2, 0.25) is 13.1 Å². The Balaban J connectivity index is 2.27. The van der Waals surface area contributed by atoms with Crippen molar-refractivity contribution in [1.82, 2.24) is 0 Å². The lowest BCUT2D eigenvalue weighted by Gasteiger charge is -2.32. The largest absolute Gasteiger partial charge is 0.392 e. The van der Waals surface area contributed by atoms with Crippen LogP contribution in [0.4, 0.5) is 5.69 Å². The van der Waals surface area contributed by atoms with Gasteiger partial charge in [0.05, 0.1) is 6.10 Å². The number of anilines is 1. The van der Waals surface area contributed by atoms with Crippen molar-refractivity contribution in [3.8, 4) is 0 Å². The second-order valence-corrected chi connectivity index (χ2v) is 11.4. The molecule has 0 saturated carbocycles. The molecule has 0 spiro atoms.